The molecule has 48 valence electrons. The van der Waals surface area contributed by atoms with Crippen LogP contribution in [0.5, 0.6) is 0 Å². The first kappa shape index (κ1) is 6.39. The normalized spacial score (nSPS) is 23.6. The molecule has 0 bridgehead atoms. The molecule has 0 N–H and O–H groups in total. The molecule has 1 saturated heterocycles. The molecule has 1 heterocycles. The molecule has 0 aromatic carbocycles. The lowest BCUT2D eigenvalue weighted by Gasteiger charge is -2.20. The van der Waals surface area contributed by atoms with Crippen LogP contribution in [0.25, 0.3) is 0 Å². The lowest BCUT2D eigenvalue weighted by Crippen LogP contribution is -2.20. The summed E-state index contributed by atoms with van der Waals surface area (Å²) in [4.78, 5) is 0. The van der Waals surface area contributed by atoms with E-state index in [1.165, 1.54) is 0 Å². The van der Waals surface area contributed by atoms with Crippen molar-refractivity contribution in [1.82, 2.24) is 0 Å². The summed E-state index contributed by atoms with van der Waals surface area (Å²) in [7, 11) is 0. The topological polar surface area (TPSA) is 18.5 Å². The van der Waals surface area contributed by atoms with Crippen molar-refractivity contribution in [3.8, 4) is 0 Å². The van der Waals surface area contributed by atoms with Crippen LogP contribution >= 0.6 is 11.8 Å². The highest BCUT2D eigenvalue weighted by Crippen LogP contribution is 2.13. The average Bonchev–Trinajstić information content (AvgIpc) is 1.90. The quantitative estimate of drug-likeness (QED) is 0.534. The summed E-state index contributed by atoms with van der Waals surface area (Å²) in [6.45, 7) is 1.71. The van der Waals surface area contributed by atoms with Crippen molar-refractivity contribution in [2.24, 2.45) is 0 Å². The van der Waals surface area contributed by atoms with Gasteiger partial charge in [-0.15, -0.1) is 11.8 Å². The van der Waals surface area contributed by atoms with Gasteiger partial charge in [0, 0.05) is 0 Å². The molecule has 8 heavy (non-hydrogen) atoms. The van der Waals surface area contributed by atoms with E-state index in [1.807, 2.05) is 6.26 Å². The summed E-state index contributed by atoms with van der Waals surface area (Å²) in [5.74, 6) is 0. The first-order chi connectivity index (χ1) is 3.93. The molecule has 0 atom stereocenters. The molecule has 0 spiro atoms. The lowest BCUT2D eigenvalue weighted by atomic mass is 10.5. The summed E-state index contributed by atoms with van der Waals surface area (Å²) in [6, 6.07) is 0. The summed E-state index contributed by atoms with van der Waals surface area (Å²) in [6.07, 6.45) is 3.02. The van der Waals surface area contributed by atoms with Crippen LogP contribution in [0.4, 0.5) is 0 Å². The number of ether oxygens (including phenoxy) is 2. The predicted octanol–water partition coefficient (Wildman–Crippen LogP) is 1.07. The zero-order chi connectivity index (χ0) is 5.82. The highest BCUT2D eigenvalue weighted by Gasteiger charge is 2.10. The number of thioether (sulfide) groups is 1. The minimum absolute atomic E-state index is 0.00347. The Labute approximate surface area is 53.5 Å². The Bertz CT molecular complexity index is 61.4. The predicted molar refractivity (Wildman–Crippen MR) is 33.8 cm³/mol. The number of hydrogen-bond donors (Lipinski definition) is 0. The molecule has 1 aliphatic heterocycles. The Morgan fingerprint density at radius 3 is 2.38 bits per heavy atom. The maximum Gasteiger partial charge on any atom is 0.206 e. The lowest BCUT2D eigenvalue weighted by molar-refractivity contribution is -0.122. The summed E-state index contributed by atoms with van der Waals surface area (Å²) >= 11 is 1.60. The van der Waals surface area contributed by atoms with Crippen LogP contribution in [0.1, 0.15) is 6.42 Å². The van der Waals surface area contributed by atoms with Gasteiger partial charge in [-0.25, -0.2) is 0 Å². The zero-order valence-corrected chi connectivity index (χ0v) is 5.74. The summed E-state index contributed by atoms with van der Waals surface area (Å²) < 4.78 is 10.3. The Kier molecular flexibility index (Phi) is 2.66. The van der Waals surface area contributed by atoms with Crippen LogP contribution in [0.15, 0.2) is 0 Å². The highest BCUT2D eigenvalue weighted by atomic mass is 32.2. The van der Waals surface area contributed by atoms with E-state index in [0.29, 0.717) is 0 Å². The van der Waals surface area contributed by atoms with Crippen molar-refractivity contribution < 1.29 is 9.47 Å². The molecule has 2 nitrogen and oxygen atoms in total. The van der Waals surface area contributed by atoms with E-state index in [4.69, 9.17) is 9.47 Å². The van der Waals surface area contributed by atoms with Crippen molar-refractivity contribution in [2.75, 3.05) is 19.5 Å². The number of rotatable bonds is 1. The van der Waals surface area contributed by atoms with Crippen LogP contribution in [0, 0.1) is 0 Å². The van der Waals surface area contributed by atoms with Crippen molar-refractivity contribution in [3.05, 3.63) is 0 Å². The molecule has 0 amide bonds. The van der Waals surface area contributed by atoms with Crippen LogP contribution in [-0.2, 0) is 9.47 Å². The van der Waals surface area contributed by atoms with E-state index in [9.17, 15) is 0 Å². The van der Waals surface area contributed by atoms with Crippen LogP contribution in [0.2, 0.25) is 0 Å². The molecule has 0 aromatic rings. The average molecular weight is 134 g/mol. The summed E-state index contributed by atoms with van der Waals surface area (Å²) in [5, 5.41) is 0. The standard InChI is InChI=1S/C5H10O2S/c1-8-5-6-3-2-4-7-5/h5H,2-4H2,1H3. The Hall–Kier alpha value is 0.270. The van der Waals surface area contributed by atoms with Crippen LogP contribution < -0.4 is 0 Å². The van der Waals surface area contributed by atoms with Gasteiger partial charge in [0.15, 0.2) is 0 Å². The molecule has 0 saturated carbocycles. The molecular weight excluding hydrogens is 124 g/mol. The third-order valence-corrected chi connectivity index (χ3v) is 1.65. The Balaban J connectivity index is 2.13. The minimum atomic E-state index is 0.00347. The third-order valence-electron chi connectivity index (χ3n) is 0.989. The maximum atomic E-state index is 5.17. The first-order valence-corrected chi connectivity index (χ1v) is 3.98. The van der Waals surface area contributed by atoms with Gasteiger partial charge >= 0.3 is 0 Å². The van der Waals surface area contributed by atoms with Gasteiger partial charge in [0.2, 0.25) is 5.62 Å². The summed E-state index contributed by atoms with van der Waals surface area (Å²) in [5.41, 5.74) is 0.00347. The van der Waals surface area contributed by atoms with Crippen molar-refractivity contribution in [2.45, 2.75) is 12.0 Å². The van der Waals surface area contributed by atoms with Gasteiger partial charge in [0.25, 0.3) is 0 Å². The molecule has 1 aliphatic rings. The van der Waals surface area contributed by atoms with Crippen molar-refractivity contribution in [3.63, 3.8) is 0 Å². The monoisotopic (exact) mass is 134 g/mol. The second kappa shape index (κ2) is 3.33. The van der Waals surface area contributed by atoms with E-state index in [1.54, 1.807) is 11.8 Å². The molecule has 0 aliphatic carbocycles. The second-order valence-corrected chi connectivity index (χ2v) is 2.48. The van der Waals surface area contributed by atoms with Gasteiger partial charge in [-0.2, -0.15) is 0 Å². The zero-order valence-electron chi connectivity index (χ0n) is 4.92. The van der Waals surface area contributed by atoms with Gasteiger partial charge in [0.1, 0.15) is 0 Å². The molecule has 1 fully saturated rings. The fourth-order valence-corrected chi connectivity index (χ4v) is 1.07. The Morgan fingerprint density at radius 1 is 1.38 bits per heavy atom. The van der Waals surface area contributed by atoms with Crippen molar-refractivity contribution >= 4 is 11.8 Å². The molecule has 0 aromatic heterocycles. The van der Waals surface area contributed by atoms with Crippen LogP contribution in [-0.4, -0.2) is 25.1 Å². The second-order valence-electron chi connectivity index (χ2n) is 1.62. The molecular formula is C5H10O2S. The van der Waals surface area contributed by atoms with Gasteiger partial charge in [-0.05, 0) is 12.7 Å². The SMILES string of the molecule is CSC1OCCCO1. The van der Waals surface area contributed by atoms with E-state index in [-0.39, 0.29) is 5.62 Å². The smallest absolute Gasteiger partial charge is 0.206 e. The van der Waals surface area contributed by atoms with Crippen molar-refractivity contribution in [1.29, 1.82) is 0 Å². The van der Waals surface area contributed by atoms with Gasteiger partial charge in [0.05, 0.1) is 13.2 Å². The van der Waals surface area contributed by atoms with E-state index in [2.05, 4.69) is 0 Å². The third kappa shape index (κ3) is 1.65. The first-order valence-electron chi connectivity index (χ1n) is 2.69. The minimum Gasteiger partial charge on any atom is -0.344 e. The van der Waals surface area contributed by atoms with Gasteiger partial charge in [-0.3, -0.25) is 0 Å². The van der Waals surface area contributed by atoms with E-state index in [0.717, 1.165) is 19.6 Å². The van der Waals surface area contributed by atoms with Gasteiger partial charge in [-0.1, -0.05) is 0 Å². The molecule has 0 unspecified atom stereocenters. The fraction of sp³-hybridized carbons (Fsp3) is 1.00. The van der Waals surface area contributed by atoms with Gasteiger partial charge < -0.3 is 9.47 Å². The fourth-order valence-electron chi connectivity index (χ4n) is 0.602. The Morgan fingerprint density at radius 2 is 2.00 bits per heavy atom. The van der Waals surface area contributed by atoms with Crippen LogP contribution in [0.3, 0.4) is 0 Å². The molecule has 0 radical (unpaired) electrons. The maximum absolute atomic E-state index is 5.17. The number of hydrogen-bond acceptors (Lipinski definition) is 3. The molecule has 1 rings (SSSR count). The van der Waals surface area contributed by atoms with E-state index < -0.39 is 0 Å². The van der Waals surface area contributed by atoms with E-state index >= 15 is 0 Å². The molecule has 3 heteroatoms. The largest absolute Gasteiger partial charge is 0.344 e. The highest BCUT2D eigenvalue weighted by molar-refractivity contribution is 7.98.